The minimum absolute atomic E-state index is 0.850. The van der Waals surface area contributed by atoms with E-state index in [0.29, 0.717) is 0 Å². The minimum atomic E-state index is 0.850. The average molecular weight is 225 g/mol. The molecule has 0 radical (unpaired) electrons. The molecule has 1 heteroatoms. The first kappa shape index (κ1) is 14.0. The number of rotatable bonds is 9. The lowest BCUT2D eigenvalue weighted by Gasteiger charge is -2.14. The van der Waals surface area contributed by atoms with Crippen LogP contribution in [0.4, 0.5) is 0 Å². The maximum absolute atomic E-state index is 3.83. The molecule has 0 aromatic carbocycles. The normalized spacial score (nSPS) is 25.1. The fourth-order valence-electron chi connectivity index (χ4n) is 2.82. The van der Waals surface area contributed by atoms with Crippen LogP contribution in [-0.2, 0) is 0 Å². The fraction of sp³-hybridized carbons (Fsp3) is 1.00. The highest BCUT2D eigenvalue weighted by molar-refractivity contribution is 4.83. The van der Waals surface area contributed by atoms with Crippen LogP contribution < -0.4 is 5.32 Å². The van der Waals surface area contributed by atoms with Crippen LogP contribution in [0.2, 0.25) is 0 Å². The molecule has 0 amide bonds. The molecule has 0 saturated carbocycles. The zero-order valence-corrected chi connectivity index (χ0v) is 11.4. The molecule has 16 heavy (non-hydrogen) atoms. The van der Waals surface area contributed by atoms with Gasteiger partial charge < -0.3 is 5.32 Å². The maximum atomic E-state index is 3.83. The number of hydrogen-bond donors (Lipinski definition) is 1. The third-order valence-corrected chi connectivity index (χ3v) is 3.90. The van der Waals surface area contributed by atoms with Crippen molar-refractivity contribution in [3.05, 3.63) is 0 Å². The van der Waals surface area contributed by atoms with E-state index in [1.165, 1.54) is 70.6 Å². The van der Waals surface area contributed by atoms with E-state index in [1.54, 1.807) is 0 Å². The van der Waals surface area contributed by atoms with E-state index in [9.17, 15) is 0 Å². The molecular weight excluding hydrogens is 194 g/mol. The molecule has 0 unspecified atom stereocenters. The van der Waals surface area contributed by atoms with E-state index >= 15 is 0 Å². The molecule has 96 valence electrons. The molecule has 1 saturated heterocycles. The van der Waals surface area contributed by atoms with Crippen molar-refractivity contribution < 1.29 is 0 Å². The second-order valence-corrected chi connectivity index (χ2v) is 5.48. The highest BCUT2D eigenvalue weighted by Gasteiger charge is 2.22. The van der Waals surface area contributed by atoms with Crippen molar-refractivity contribution >= 4 is 0 Å². The van der Waals surface area contributed by atoms with Crippen molar-refractivity contribution in [1.82, 2.24) is 5.32 Å². The van der Waals surface area contributed by atoms with Gasteiger partial charge in [-0.3, -0.25) is 0 Å². The monoisotopic (exact) mass is 225 g/mol. The van der Waals surface area contributed by atoms with E-state index in [0.717, 1.165) is 12.1 Å². The zero-order chi connectivity index (χ0) is 11.6. The van der Waals surface area contributed by atoms with E-state index < -0.39 is 0 Å². The van der Waals surface area contributed by atoms with Gasteiger partial charge in [0.05, 0.1) is 0 Å². The Morgan fingerprint density at radius 2 is 1.25 bits per heavy atom. The maximum Gasteiger partial charge on any atom is 0.00702 e. The lowest BCUT2D eigenvalue weighted by atomic mass is 10.1. The smallest absolute Gasteiger partial charge is 0.00702 e. The predicted octanol–water partition coefficient (Wildman–Crippen LogP) is 4.66. The van der Waals surface area contributed by atoms with Crippen LogP contribution in [0, 0.1) is 0 Å². The lowest BCUT2D eigenvalue weighted by molar-refractivity contribution is 0.459. The Hall–Kier alpha value is -0.0400. The van der Waals surface area contributed by atoms with Crippen LogP contribution >= 0.6 is 0 Å². The SMILES string of the molecule is CCCCCC[C@H]1CC[C@H](CCCCC)N1. The molecule has 1 rings (SSSR count). The number of unbranched alkanes of at least 4 members (excludes halogenated alkanes) is 5. The lowest BCUT2D eigenvalue weighted by Crippen LogP contribution is -2.29. The van der Waals surface area contributed by atoms with Crippen molar-refractivity contribution in [1.29, 1.82) is 0 Å². The van der Waals surface area contributed by atoms with Gasteiger partial charge in [-0.2, -0.15) is 0 Å². The Balaban J connectivity index is 1.97. The largest absolute Gasteiger partial charge is 0.311 e. The third-order valence-electron chi connectivity index (χ3n) is 3.90. The summed E-state index contributed by atoms with van der Waals surface area (Å²) in [7, 11) is 0. The number of hydrogen-bond acceptors (Lipinski definition) is 1. The summed E-state index contributed by atoms with van der Waals surface area (Å²) in [6.07, 6.45) is 15.6. The van der Waals surface area contributed by atoms with Gasteiger partial charge in [0, 0.05) is 12.1 Å². The summed E-state index contributed by atoms with van der Waals surface area (Å²) in [5.41, 5.74) is 0. The van der Waals surface area contributed by atoms with Gasteiger partial charge in [0.25, 0.3) is 0 Å². The van der Waals surface area contributed by atoms with Crippen LogP contribution in [0.5, 0.6) is 0 Å². The van der Waals surface area contributed by atoms with E-state index in [1.807, 2.05) is 0 Å². The molecule has 0 bridgehead atoms. The molecule has 1 aliphatic rings. The average Bonchev–Trinajstić information content (AvgIpc) is 2.73. The molecule has 1 heterocycles. The highest BCUT2D eigenvalue weighted by atomic mass is 15.0. The molecular formula is C15H31N. The summed E-state index contributed by atoms with van der Waals surface area (Å²) in [4.78, 5) is 0. The van der Waals surface area contributed by atoms with Gasteiger partial charge >= 0.3 is 0 Å². The first-order valence-electron chi connectivity index (χ1n) is 7.62. The molecule has 0 spiro atoms. The van der Waals surface area contributed by atoms with Gasteiger partial charge in [-0.15, -0.1) is 0 Å². The van der Waals surface area contributed by atoms with E-state index in [-0.39, 0.29) is 0 Å². The number of nitrogens with one attached hydrogen (secondary N) is 1. The van der Waals surface area contributed by atoms with Crippen LogP contribution in [0.15, 0.2) is 0 Å². The van der Waals surface area contributed by atoms with Gasteiger partial charge in [-0.1, -0.05) is 58.8 Å². The Labute approximate surface area is 102 Å². The molecule has 1 fully saturated rings. The Bertz CT molecular complexity index is 156. The molecule has 0 aromatic heterocycles. The second kappa shape index (κ2) is 9.04. The van der Waals surface area contributed by atoms with Crippen LogP contribution in [0.25, 0.3) is 0 Å². The van der Waals surface area contributed by atoms with Crippen molar-refractivity contribution in [3.8, 4) is 0 Å². The topological polar surface area (TPSA) is 12.0 Å². The zero-order valence-electron chi connectivity index (χ0n) is 11.4. The quantitative estimate of drug-likeness (QED) is 0.563. The predicted molar refractivity (Wildman–Crippen MR) is 72.8 cm³/mol. The Morgan fingerprint density at radius 1 is 0.750 bits per heavy atom. The third kappa shape index (κ3) is 5.89. The van der Waals surface area contributed by atoms with Crippen LogP contribution in [0.3, 0.4) is 0 Å². The van der Waals surface area contributed by atoms with Crippen LogP contribution in [0.1, 0.15) is 84.5 Å². The molecule has 1 nitrogen and oxygen atoms in total. The standard InChI is InChI=1S/C15H31N/c1-3-5-7-9-11-15-13-12-14(16-15)10-8-6-4-2/h14-16H,3-13H2,1-2H3/t14-,15-/m0/s1. The summed E-state index contributed by atoms with van der Waals surface area (Å²) in [5.74, 6) is 0. The fourth-order valence-corrected chi connectivity index (χ4v) is 2.82. The van der Waals surface area contributed by atoms with Crippen molar-refractivity contribution in [2.75, 3.05) is 0 Å². The first-order chi connectivity index (χ1) is 7.86. The summed E-state index contributed by atoms with van der Waals surface area (Å²) < 4.78 is 0. The molecule has 1 N–H and O–H groups in total. The van der Waals surface area contributed by atoms with Gasteiger partial charge in [0.1, 0.15) is 0 Å². The Kier molecular flexibility index (Phi) is 7.92. The first-order valence-corrected chi connectivity index (χ1v) is 7.62. The summed E-state index contributed by atoms with van der Waals surface area (Å²) in [6.45, 7) is 4.58. The van der Waals surface area contributed by atoms with Gasteiger partial charge in [0.15, 0.2) is 0 Å². The molecule has 0 aromatic rings. The molecule has 2 atom stereocenters. The minimum Gasteiger partial charge on any atom is -0.311 e. The molecule has 0 aliphatic carbocycles. The second-order valence-electron chi connectivity index (χ2n) is 5.48. The molecule has 1 aliphatic heterocycles. The van der Waals surface area contributed by atoms with E-state index in [2.05, 4.69) is 19.2 Å². The van der Waals surface area contributed by atoms with Gasteiger partial charge in [-0.05, 0) is 25.7 Å². The summed E-state index contributed by atoms with van der Waals surface area (Å²) in [5, 5.41) is 3.83. The highest BCUT2D eigenvalue weighted by Crippen LogP contribution is 2.21. The van der Waals surface area contributed by atoms with Gasteiger partial charge in [-0.25, -0.2) is 0 Å². The van der Waals surface area contributed by atoms with Crippen molar-refractivity contribution in [2.45, 2.75) is 96.6 Å². The Morgan fingerprint density at radius 3 is 1.81 bits per heavy atom. The van der Waals surface area contributed by atoms with Gasteiger partial charge in [0.2, 0.25) is 0 Å². The summed E-state index contributed by atoms with van der Waals surface area (Å²) in [6, 6.07) is 1.70. The van der Waals surface area contributed by atoms with E-state index in [4.69, 9.17) is 0 Å². The summed E-state index contributed by atoms with van der Waals surface area (Å²) >= 11 is 0. The van der Waals surface area contributed by atoms with Crippen molar-refractivity contribution in [3.63, 3.8) is 0 Å². The van der Waals surface area contributed by atoms with Crippen LogP contribution in [-0.4, -0.2) is 12.1 Å². The van der Waals surface area contributed by atoms with Crippen molar-refractivity contribution in [2.24, 2.45) is 0 Å².